The Morgan fingerprint density at radius 3 is 2.61 bits per heavy atom. The molecule has 5 heteroatoms. The van der Waals surface area contributed by atoms with Crippen LogP contribution in [0.4, 0.5) is 0 Å². The highest BCUT2D eigenvalue weighted by atomic mass is 16.2. The van der Waals surface area contributed by atoms with Crippen LogP contribution in [0.5, 0.6) is 0 Å². The predicted molar refractivity (Wildman–Crippen MR) is 71.1 cm³/mol. The number of nitrogens with one attached hydrogen (secondary N) is 1. The SMILES string of the molecule is CC(=O)C(NC(=O)CN1CCCC1CN)C(C)C. The van der Waals surface area contributed by atoms with Gasteiger partial charge in [-0.05, 0) is 32.2 Å². The molecule has 1 fully saturated rings. The van der Waals surface area contributed by atoms with Crippen molar-refractivity contribution in [1.82, 2.24) is 10.2 Å². The minimum Gasteiger partial charge on any atom is -0.345 e. The first-order valence-corrected chi connectivity index (χ1v) is 6.69. The Labute approximate surface area is 109 Å². The maximum atomic E-state index is 11.9. The number of hydrogen-bond acceptors (Lipinski definition) is 4. The summed E-state index contributed by atoms with van der Waals surface area (Å²) < 4.78 is 0. The molecule has 1 amide bonds. The molecule has 3 N–H and O–H groups in total. The van der Waals surface area contributed by atoms with E-state index in [0.29, 0.717) is 19.1 Å². The molecule has 0 aromatic rings. The number of carbonyl (C=O) groups excluding carboxylic acids is 2. The highest BCUT2D eigenvalue weighted by molar-refractivity contribution is 5.88. The maximum absolute atomic E-state index is 11.9. The van der Waals surface area contributed by atoms with E-state index in [4.69, 9.17) is 5.73 Å². The molecule has 18 heavy (non-hydrogen) atoms. The molecule has 0 aromatic heterocycles. The second kappa shape index (κ2) is 6.85. The normalized spacial score (nSPS) is 22.2. The number of ketones is 1. The summed E-state index contributed by atoms with van der Waals surface area (Å²) in [6, 6.07) is -0.0676. The fraction of sp³-hybridized carbons (Fsp3) is 0.846. The zero-order chi connectivity index (χ0) is 13.7. The van der Waals surface area contributed by atoms with Crippen LogP contribution in [0, 0.1) is 5.92 Å². The van der Waals surface area contributed by atoms with Crippen LogP contribution in [0.2, 0.25) is 0 Å². The number of likely N-dealkylation sites (tertiary alicyclic amines) is 1. The van der Waals surface area contributed by atoms with Crippen molar-refractivity contribution in [3.8, 4) is 0 Å². The van der Waals surface area contributed by atoms with Gasteiger partial charge in [0.05, 0.1) is 12.6 Å². The van der Waals surface area contributed by atoms with E-state index >= 15 is 0 Å². The Balaban J connectivity index is 2.47. The van der Waals surface area contributed by atoms with Gasteiger partial charge in [-0.2, -0.15) is 0 Å². The van der Waals surface area contributed by atoms with Crippen LogP contribution in [-0.2, 0) is 9.59 Å². The molecule has 1 saturated heterocycles. The number of rotatable bonds is 6. The summed E-state index contributed by atoms with van der Waals surface area (Å²) in [6.07, 6.45) is 2.15. The summed E-state index contributed by atoms with van der Waals surface area (Å²) in [6.45, 7) is 7.24. The molecule has 1 rings (SSSR count). The van der Waals surface area contributed by atoms with Gasteiger partial charge in [0.1, 0.15) is 0 Å². The van der Waals surface area contributed by atoms with Crippen LogP contribution in [0.3, 0.4) is 0 Å². The number of Topliss-reactive ketones (excluding diaryl/α,β-unsaturated/α-hetero) is 1. The highest BCUT2D eigenvalue weighted by Crippen LogP contribution is 2.15. The van der Waals surface area contributed by atoms with E-state index in [2.05, 4.69) is 10.2 Å². The summed E-state index contributed by atoms with van der Waals surface area (Å²) in [5, 5.41) is 2.82. The molecule has 5 nitrogen and oxygen atoms in total. The van der Waals surface area contributed by atoms with E-state index < -0.39 is 0 Å². The first-order chi connectivity index (χ1) is 8.45. The Hall–Kier alpha value is -0.940. The van der Waals surface area contributed by atoms with Gasteiger partial charge in [0.2, 0.25) is 5.91 Å². The fourth-order valence-electron chi connectivity index (χ4n) is 2.51. The molecule has 0 spiro atoms. The van der Waals surface area contributed by atoms with Crippen LogP contribution < -0.4 is 11.1 Å². The lowest BCUT2D eigenvalue weighted by Gasteiger charge is -2.25. The Kier molecular flexibility index (Phi) is 5.75. The second-order valence-corrected chi connectivity index (χ2v) is 5.40. The largest absolute Gasteiger partial charge is 0.345 e. The summed E-state index contributed by atoms with van der Waals surface area (Å²) in [4.78, 5) is 25.5. The van der Waals surface area contributed by atoms with E-state index in [0.717, 1.165) is 19.4 Å². The third-order valence-electron chi connectivity index (χ3n) is 3.54. The summed E-state index contributed by atoms with van der Waals surface area (Å²) in [5.41, 5.74) is 5.67. The predicted octanol–water partition coefficient (Wildman–Crippen LogP) is 0.139. The van der Waals surface area contributed by atoms with Crippen molar-refractivity contribution in [2.45, 2.75) is 45.7 Å². The lowest BCUT2D eigenvalue weighted by molar-refractivity contribution is -0.128. The lowest BCUT2D eigenvalue weighted by atomic mass is 10.0. The summed E-state index contributed by atoms with van der Waals surface area (Å²) >= 11 is 0. The van der Waals surface area contributed by atoms with Crippen molar-refractivity contribution < 1.29 is 9.59 Å². The van der Waals surface area contributed by atoms with Crippen molar-refractivity contribution in [3.05, 3.63) is 0 Å². The molecule has 0 aromatic carbocycles. The Bertz CT molecular complexity index is 305. The van der Waals surface area contributed by atoms with E-state index in [-0.39, 0.29) is 23.7 Å². The third-order valence-corrected chi connectivity index (χ3v) is 3.54. The van der Waals surface area contributed by atoms with Crippen LogP contribution in [0.15, 0.2) is 0 Å². The number of hydrogen-bond donors (Lipinski definition) is 2. The smallest absolute Gasteiger partial charge is 0.234 e. The average molecular weight is 255 g/mol. The van der Waals surface area contributed by atoms with E-state index in [9.17, 15) is 9.59 Å². The quantitative estimate of drug-likeness (QED) is 0.708. The van der Waals surface area contributed by atoms with Crippen molar-refractivity contribution in [3.63, 3.8) is 0 Å². The molecular formula is C13H25N3O2. The molecule has 1 aliphatic heterocycles. The van der Waals surface area contributed by atoms with Crippen LogP contribution >= 0.6 is 0 Å². The minimum absolute atomic E-state index is 0.00940. The fourth-order valence-corrected chi connectivity index (χ4v) is 2.51. The zero-order valence-electron chi connectivity index (χ0n) is 11.6. The third kappa shape index (κ3) is 4.07. The molecule has 0 aliphatic carbocycles. The van der Waals surface area contributed by atoms with E-state index in [1.165, 1.54) is 6.92 Å². The van der Waals surface area contributed by atoms with E-state index in [1.807, 2.05) is 13.8 Å². The van der Waals surface area contributed by atoms with E-state index in [1.54, 1.807) is 0 Å². The average Bonchev–Trinajstić information content (AvgIpc) is 2.72. The molecule has 1 heterocycles. The van der Waals surface area contributed by atoms with Gasteiger partial charge in [-0.15, -0.1) is 0 Å². The molecule has 0 bridgehead atoms. The first kappa shape index (κ1) is 15.1. The Morgan fingerprint density at radius 2 is 2.11 bits per heavy atom. The van der Waals surface area contributed by atoms with Crippen molar-refractivity contribution >= 4 is 11.7 Å². The van der Waals surface area contributed by atoms with Gasteiger partial charge in [-0.1, -0.05) is 13.8 Å². The van der Waals surface area contributed by atoms with Gasteiger partial charge in [0.25, 0.3) is 0 Å². The monoisotopic (exact) mass is 255 g/mol. The van der Waals surface area contributed by atoms with Crippen molar-refractivity contribution in [2.24, 2.45) is 11.7 Å². The summed E-state index contributed by atoms with van der Waals surface area (Å²) in [7, 11) is 0. The topological polar surface area (TPSA) is 75.4 Å². The molecule has 0 radical (unpaired) electrons. The van der Waals surface area contributed by atoms with Gasteiger partial charge < -0.3 is 11.1 Å². The number of nitrogens with two attached hydrogens (primary N) is 1. The van der Waals surface area contributed by atoms with Gasteiger partial charge in [0.15, 0.2) is 5.78 Å². The second-order valence-electron chi connectivity index (χ2n) is 5.40. The van der Waals surface area contributed by atoms with Crippen molar-refractivity contribution in [1.29, 1.82) is 0 Å². The van der Waals surface area contributed by atoms with Gasteiger partial charge in [0, 0.05) is 12.6 Å². The van der Waals surface area contributed by atoms with Crippen LogP contribution in [0.25, 0.3) is 0 Å². The van der Waals surface area contributed by atoms with Crippen LogP contribution in [0.1, 0.15) is 33.6 Å². The maximum Gasteiger partial charge on any atom is 0.234 e. The molecule has 2 atom stereocenters. The lowest BCUT2D eigenvalue weighted by Crippen LogP contribution is -2.49. The molecular weight excluding hydrogens is 230 g/mol. The minimum atomic E-state index is -0.378. The molecule has 1 aliphatic rings. The van der Waals surface area contributed by atoms with Gasteiger partial charge in [-0.25, -0.2) is 0 Å². The Morgan fingerprint density at radius 1 is 1.44 bits per heavy atom. The summed E-state index contributed by atoms with van der Waals surface area (Å²) in [5.74, 6) is 0.0507. The zero-order valence-corrected chi connectivity index (χ0v) is 11.6. The van der Waals surface area contributed by atoms with Crippen molar-refractivity contribution in [2.75, 3.05) is 19.6 Å². The number of nitrogens with zero attached hydrogens (tertiary/aromatic N) is 1. The van der Waals surface area contributed by atoms with Gasteiger partial charge >= 0.3 is 0 Å². The highest BCUT2D eigenvalue weighted by Gasteiger charge is 2.27. The molecule has 0 saturated carbocycles. The first-order valence-electron chi connectivity index (χ1n) is 6.69. The number of amides is 1. The molecule has 104 valence electrons. The standard InChI is InChI=1S/C13H25N3O2/c1-9(2)13(10(3)17)15-12(18)8-16-6-4-5-11(16)7-14/h9,11,13H,4-8,14H2,1-3H3,(H,15,18). The number of carbonyl (C=O) groups is 2. The van der Waals surface area contributed by atoms with Gasteiger partial charge in [-0.3, -0.25) is 14.5 Å². The van der Waals surface area contributed by atoms with Crippen LogP contribution in [-0.4, -0.2) is 48.3 Å². The molecule has 2 unspecified atom stereocenters.